The number of methoxy groups -OCH3 is 1. The zero-order chi connectivity index (χ0) is 27.5. The monoisotopic (exact) mass is 542 g/mol. The molecule has 39 heavy (non-hydrogen) atoms. The summed E-state index contributed by atoms with van der Waals surface area (Å²) in [6.45, 7) is 0.342. The van der Waals surface area contributed by atoms with Crippen LogP contribution in [0.5, 0.6) is 11.5 Å². The maximum absolute atomic E-state index is 13.7. The van der Waals surface area contributed by atoms with E-state index in [0.29, 0.717) is 29.5 Å². The minimum Gasteiger partial charge on any atom is -0.497 e. The first-order valence-electron chi connectivity index (χ1n) is 12.7. The number of benzene rings is 4. The number of ether oxygens (including phenoxy) is 2. The van der Waals surface area contributed by atoms with Crippen molar-refractivity contribution >= 4 is 23.4 Å². The van der Waals surface area contributed by atoms with Crippen LogP contribution >= 0.6 is 11.6 Å². The predicted octanol–water partition coefficient (Wildman–Crippen LogP) is 5.68. The average molecular weight is 543 g/mol. The molecule has 4 aromatic rings. The van der Waals surface area contributed by atoms with E-state index in [4.69, 9.17) is 21.1 Å². The van der Waals surface area contributed by atoms with Crippen LogP contribution in [0.15, 0.2) is 109 Å². The van der Waals surface area contributed by atoms with Crippen molar-refractivity contribution in [2.45, 2.75) is 25.6 Å². The Hall–Kier alpha value is -4.29. The SMILES string of the molecule is COc1ccc(CN(C(=O)COc2ccccc2)[C@H](Cc2ccccc2)C(=O)NCc2ccc(Cl)cc2)cc1. The lowest BCUT2D eigenvalue weighted by atomic mass is 10.0. The summed E-state index contributed by atoms with van der Waals surface area (Å²) in [5, 5.41) is 3.64. The van der Waals surface area contributed by atoms with Gasteiger partial charge in [-0.3, -0.25) is 9.59 Å². The number of carbonyl (C=O) groups is 2. The van der Waals surface area contributed by atoms with Gasteiger partial charge in [-0.05, 0) is 53.1 Å². The van der Waals surface area contributed by atoms with Crippen LogP contribution in [0.25, 0.3) is 0 Å². The number of carbonyl (C=O) groups excluding carboxylic acids is 2. The van der Waals surface area contributed by atoms with E-state index in [1.165, 1.54) is 0 Å². The summed E-state index contributed by atoms with van der Waals surface area (Å²) in [7, 11) is 1.60. The van der Waals surface area contributed by atoms with Gasteiger partial charge in [-0.25, -0.2) is 0 Å². The molecular weight excluding hydrogens is 512 g/mol. The molecule has 0 aliphatic heterocycles. The van der Waals surface area contributed by atoms with Crippen LogP contribution in [0.3, 0.4) is 0 Å². The standard InChI is InChI=1S/C32H31ClN2O4/c1-38-28-18-14-26(15-19-28)22-35(31(36)23-39-29-10-6-3-7-11-29)30(20-24-8-4-2-5-9-24)32(37)34-21-25-12-16-27(33)17-13-25/h2-19,30H,20-23H2,1H3,(H,34,37)/t30-/m1/s1. The van der Waals surface area contributed by atoms with Gasteiger partial charge in [-0.1, -0.05) is 84.4 Å². The highest BCUT2D eigenvalue weighted by atomic mass is 35.5. The summed E-state index contributed by atoms with van der Waals surface area (Å²) in [5.74, 6) is 0.750. The topological polar surface area (TPSA) is 67.9 Å². The number of halogens is 1. The Morgan fingerprint density at radius 3 is 2.03 bits per heavy atom. The van der Waals surface area contributed by atoms with E-state index >= 15 is 0 Å². The first-order valence-corrected chi connectivity index (χ1v) is 13.1. The van der Waals surface area contributed by atoms with E-state index in [0.717, 1.165) is 16.7 Å². The lowest BCUT2D eigenvalue weighted by Gasteiger charge is -2.31. The van der Waals surface area contributed by atoms with E-state index in [2.05, 4.69) is 5.32 Å². The highest BCUT2D eigenvalue weighted by molar-refractivity contribution is 6.30. The summed E-state index contributed by atoms with van der Waals surface area (Å²) < 4.78 is 11.1. The lowest BCUT2D eigenvalue weighted by molar-refractivity contribution is -0.142. The molecule has 4 aromatic carbocycles. The maximum Gasteiger partial charge on any atom is 0.261 e. The van der Waals surface area contributed by atoms with Crippen molar-refractivity contribution in [3.63, 3.8) is 0 Å². The van der Waals surface area contributed by atoms with Crippen molar-refractivity contribution < 1.29 is 19.1 Å². The minimum atomic E-state index is -0.770. The number of hydrogen-bond acceptors (Lipinski definition) is 4. The van der Waals surface area contributed by atoms with Gasteiger partial charge in [0, 0.05) is 24.5 Å². The van der Waals surface area contributed by atoms with Crippen molar-refractivity contribution in [2.24, 2.45) is 0 Å². The number of nitrogens with one attached hydrogen (secondary N) is 1. The maximum atomic E-state index is 13.7. The quantitative estimate of drug-likeness (QED) is 0.250. The molecule has 0 radical (unpaired) electrons. The van der Waals surface area contributed by atoms with Crippen molar-refractivity contribution in [1.82, 2.24) is 10.2 Å². The van der Waals surface area contributed by atoms with Gasteiger partial charge in [-0.15, -0.1) is 0 Å². The third kappa shape index (κ3) is 8.35. The van der Waals surface area contributed by atoms with Crippen LogP contribution in [-0.4, -0.2) is 36.5 Å². The molecule has 0 heterocycles. The van der Waals surface area contributed by atoms with Gasteiger partial charge in [0.05, 0.1) is 7.11 Å². The number of rotatable bonds is 12. The van der Waals surface area contributed by atoms with Gasteiger partial charge in [0.25, 0.3) is 5.91 Å². The predicted molar refractivity (Wildman–Crippen MR) is 153 cm³/mol. The average Bonchev–Trinajstić information content (AvgIpc) is 2.98. The van der Waals surface area contributed by atoms with Crippen molar-refractivity contribution in [3.8, 4) is 11.5 Å². The fraction of sp³-hybridized carbons (Fsp3) is 0.188. The largest absolute Gasteiger partial charge is 0.497 e. The molecule has 2 amide bonds. The Labute approximate surface area is 234 Å². The molecule has 0 saturated carbocycles. The molecule has 1 N–H and O–H groups in total. The Balaban J connectivity index is 1.60. The summed E-state index contributed by atoms with van der Waals surface area (Å²) in [6, 6.07) is 32.8. The molecule has 0 aliphatic carbocycles. The molecule has 0 aliphatic rings. The molecule has 0 bridgehead atoms. The molecule has 6 nitrogen and oxygen atoms in total. The van der Waals surface area contributed by atoms with Crippen LogP contribution < -0.4 is 14.8 Å². The molecule has 0 saturated heterocycles. The van der Waals surface area contributed by atoms with Gasteiger partial charge >= 0.3 is 0 Å². The zero-order valence-electron chi connectivity index (χ0n) is 21.8. The second-order valence-corrected chi connectivity index (χ2v) is 9.46. The smallest absolute Gasteiger partial charge is 0.261 e. The molecule has 200 valence electrons. The fourth-order valence-corrected chi connectivity index (χ4v) is 4.26. The molecule has 0 aromatic heterocycles. The summed E-state index contributed by atoms with van der Waals surface area (Å²) in [4.78, 5) is 29.0. The molecule has 0 unspecified atom stereocenters. The molecule has 1 atom stereocenters. The molecule has 0 fully saturated rings. The second-order valence-electron chi connectivity index (χ2n) is 9.02. The normalized spacial score (nSPS) is 11.3. The second kappa shape index (κ2) is 14.0. The minimum absolute atomic E-state index is 0.198. The van der Waals surface area contributed by atoms with Gasteiger partial charge in [-0.2, -0.15) is 0 Å². The Kier molecular flexibility index (Phi) is 9.98. The first kappa shape index (κ1) is 27.7. The number of amides is 2. The summed E-state index contributed by atoms with van der Waals surface area (Å²) in [5.41, 5.74) is 2.72. The Morgan fingerprint density at radius 1 is 0.769 bits per heavy atom. The van der Waals surface area contributed by atoms with Crippen LogP contribution in [0.4, 0.5) is 0 Å². The van der Waals surface area contributed by atoms with Crippen molar-refractivity contribution in [1.29, 1.82) is 0 Å². The lowest BCUT2D eigenvalue weighted by Crippen LogP contribution is -2.51. The van der Waals surface area contributed by atoms with Crippen LogP contribution in [-0.2, 0) is 29.1 Å². The van der Waals surface area contributed by atoms with E-state index in [9.17, 15) is 9.59 Å². The summed E-state index contributed by atoms with van der Waals surface area (Å²) >= 11 is 6.01. The number of hydrogen-bond donors (Lipinski definition) is 1. The van der Waals surface area contributed by atoms with Crippen molar-refractivity contribution in [2.75, 3.05) is 13.7 Å². The van der Waals surface area contributed by atoms with Gasteiger partial charge in [0.2, 0.25) is 5.91 Å². The number of para-hydroxylation sites is 1. The van der Waals surface area contributed by atoms with E-state index in [1.54, 1.807) is 36.3 Å². The van der Waals surface area contributed by atoms with Gasteiger partial charge in [0.15, 0.2) is 6.61 Å². The van der Waals surface area contributed by atoms with E-state index in [-0.39, 0.29) is 25.0 Å². The van der Waals surface area contributed by atoms with E-state index in [1.807, 2.05) is 84.9 Å². The first-order chi connectivity index (χ1) is 19.0. The molecule has 7 heteroatoms. The fourth-order valence-electron chi connectivity index (χ4n) is 4.14. The third-order valence-corrected chi connectivity index (χ3v) is 6.52. The Morgan fingerprint density at radius 2 is 1.38 bits per heavy atom. The van der Waals surface area contributed by atoms with Crippen LogP contribution in [0, 0.1) is 0 Å². The third-order valence-electron chi connectivity index (χ3n) is 6.27. The van der Waals surface area contributed by atoms with E-state index < -0.39 is 6.04 Å². The van der Waals surface area contributed by atoms with Crippen LogP contribution in [0.1, 0.15) is 16.7 Å². The highest BCUT2D eigenvalue weighted by Gasteiger charge is 2.30. The van der Waals surface area contributed by atoms with Crippen molar-refractivity contribution in [3.05, 3.63) is 131 Å². The van der Waals surface area contributed by atoms with Gasteiger partial charge < -0.3 is 19.7 Å². The molecule has 4 rings (SSSR count). The highest BCUT2D eigenvalue weighted by Crippen LogP contribution is 2.19. The number of nitrogens with zero attached hydrogens (tertiary/aromatic N) is 1. The van der Waals surface area contributed by atoms with Gasteiger partial charge in [0.1, 0.15) is 17.5 Å². The zero-order valence-corrected chi connectivity index (χ0v) is 22.5. The Bertz CT molecular complexity index is 1330. The summed E-state index contributed by atoms with van der Waals surface area (Å²) in [6.07, 6.45) is 0.348. The molecular formula is C32H31ClN2O4. The van der Waals surface area contributed by atoms with Crippen LogP contribution in [0.2, 0.25) is 5.02 Å². The molecule has 0 spiro atoms.